The lowest BCUT2D eigenvalue weighted by molar-refractivity contribution is -0.143. The quantitative estimate of drug-likeness (QED) is 0.203. The zero-order valence-corrected chi connectivity index (χ0v) is 25.0. The van der Waals surface area contributed by atoms with Gasteiger partial charge >= 0.3 is 0 Å². The minimum atomic E-state index is -0.773. The predicted octanol–water partition coefficient (Wildman–Crippen LogP) is 4.80. The molecule has 12 heteroatoms. The SMILES string of the molecule is C/C=C(/C(=O)C(=O)N1CCN(c2nc(C)nc3scc(-c4ccccc4)c23)C[C@H]1C)c1c(F)cnc(-n2ccnn2)c1C. The molecule has 1 aliphatic heterocycles. The number of aryl methyl sites for hydroxylation is 1. The fraction of sp³-hybridized carbons (Fsp3) is 0.258. The van der Waals surface area contributed by atoms with Gasteiger partial charge in [0.05, 0.1) is 24.0 Å². The van der Waals surface area contributed by atoms with Crippen LogP contribution in [0.4, 0.5) is 10.2 Å². The van der Waals surface area contributed by atoms with Crippen LogP contribution in [0.1, 0.15) is 30.8 Å². The van der Waals surface area contributed by atoms with Crippen LogP contribution in [-0.2, 0) is 9.59 Å². The van der Waals surface area contributed by atoms with Gasteiger partial charge in [-0.1, -0.05) is 41.6 Å². The maximum atomic E-state index is 15.1. The summed E-state index contributed by atoms with van der Waals surface area (Å²) in [4.78, 5) is 45.6. The van der Waals surface area contributed by atoms with Crippen LogP contribution in [-0.4, -0.2) is 72.2 Å². The van der Waals surface area contributed by atoms with E-state index in [0.717, 1.165) is 33.4 Å². The summed E-state index contributed by atoms with van der Waals surface area (Å²) in [7, 11) is 0. The summed E-state index contributed by atoms with van der Waals surface area (Å²) >= 11 is 1.58. The van der Waals surface area contributed by atoms with Crippen molar-refractivity contribution in [3.63, 3.8) is 0 Å². The molecule has 6 rings (SSSR count). The molecule has 5 heterocycles. The molecule has 1 aromatic carbocycles. The van der Waals surface area contributed by atoms with Gasteiger partial charge < -0.3 is 9.80 Å². The third-order valence-electron chi connectivity index (χ3n) is 7.68. The lowest BCUT2D eigenvalue weighted by Crippen LogP contribution is -2.56. The monoisotopic (exact) mass is 596 g/mol. The fourth-order valence-electron chi connectivity index (χ4n) is 5.63. The first kappa shape index (κ1) is 28.3. The number of hydrogen-bond donors (Lipinski definition) is 0. The minimum Gasteiger partial charge on any atom is -0.352 e. The maximum Gasteiger partial charge on any atom is 0.295 e. The molecule has 1 atom stereocenters. The van der Waals surface area contributed by atoms with Crippen molar-refractivity contribution in [3.8, 4) is 16.9 Å². The predicted molar refractivity (Wildman–Crippen MR) is 163 cm³/mol. The van der Waals surface area contributed by atoms with Gasteiger partial charge in [0.1, 0.15) is 22.3 Å². The number of fused-ring (bicyclic) bond motifs is 1. The van der Waals surface area contributed by atoms with Gasteiger partial charge in [0.25, 0.3) is 11.7 Å². The highest BCUT2D eigenvalue weighted by Gasteiger charge is 2.35. The molecule has 1 amide bonds. The highest BCUT2D eigenvalue weighted by Crippen LogP contribution is 2.39. The first-order chi connectivity index (χ1) is 20.8. The molecule has 0 N–H and O–H groups in total. The first-order valence-corrected chi connectivity index (χ1v) is 14.8. The van der Waals surface area contributed by atoms with Crippen molar-refractivity contribution in [2.75, 3.05) is 24.5 Å². The number of Topliss-reactive ketones (excluding diaryl/α,β-unsaturated/α-hetero) is 1. The van der Waals surface area contributed by atoms with Gasteiger partial charge in [0, 0.05) is 53.3 Å². The molecule has 0 unspecified atom stereocenters. The van der Waals surface area contributed by atoms with Crippen LogP contribution in [0.15, 0.2) is 60.4 Å². The Kier molecular flexibility index (Phi) is 7.53. The van der Waals surface area contributed by atoms with Gasteiger partial charge in [-0.2, -0.15) is 0 Å². The molecule has 10 nitrogen and oxygen atoms in total. The van der Waals surface area contributed by atoms with E-state index in [1.807, 2.05) is 32.0 Å². The van der Waals surface area contributed by atoms with Gasteiger partial charge in [-0.3, -0.25) is 9.59 Å². The fourth-order valence-corrected chi connectivity index (χ4v) is 6.61. The number of allylic oxidation sites excluding steroid dienone is 1. The molecule has 218 valence electrons. The number of carbonyl (C=O) groups is 2. The number of nitrogens with zero attached hydrogens (tertiary/aromatic N) is 8. The first-order valence-electron chi connectivity index (χ1n) is 13.9. The van der Waals surface area contributed by atoms with E-state index >= 15 is 4.39 Å². The standard InChI is InChI=1S/C31H29FN8O2S/c1-5-22(25-19(3)28(33-15-24(25)32)40-12-11-34-37-40)27(41)31(42)39-14-13-38(16-18(39)2)29-26-23(21-9-7-6-8-10-21)17-43-30(26)36-20(4)35-29/h5-12,15,17-18H,13-14,16H2,1-4H3/b22-5+/t18-/m1/s1. The summed E-state index contributed by atoms with van der Waals surface area (Å²) in [6.45, 7) is 8.29. The van der Waals surface area contributed by atoms with Crippen molar-refractivity contribution < 1.29 is 14.0 Å². The number of rotatable bonds is 6. The summed E-state index contributed by atoms with van der Waals surface area (Å²) in [6, 6.07) is 9.82. The van der Waals surface area contributed by atoms with E-state index in [0.29, 0.717) is 36.8 Å². The van der Waals surface area contributed by atoms with Crippen molar-refractivity contribution in [1.82, 2.24) is 34.8 Å². The van der Waals surface area contributed by atoms with Gasteiger partial charge in [-0.05, 0) is 33.3 Å². The summed E-state index contributed by atoms with van der Waals surface area (Å²) in [5.74, 6) is -0.334. The van der Waals surface area contributed by atoms with Crippen molar-refractivity contribution in [2.24, 2.45) is 0 Å². The Bertz CT molecular complexity index is 1870. The number of carbonyl (C=O) groups excluding carboxylic acids is 2. The van der Waals surface area contributed by atoms with Crippen LogP contribution in [0.25, 0.3) is 32.7 Å². The van der Waals surface area contributed by atoms with Crippen LogP contribution in [0.2, 0.25) is 0 Å². The molecule has 0 bridgehead atoms. The second-order valence-corrected chi connectivity index (χ2v) is 11.3. The average Bonchev–Trinajstić information content (AvgIpc) is 3.69. The van der Waals surface area contributed by atoms with E-state index in [-0.39, 0.29) is 17.2 Å². The van der Waals surface area contributed by atoms with Crippen molar-refractivity contribution in [3.05, 3.63) is 83.1 Å². The number of halogens is 1. The van der Waals surface area contributed by atoms with Crippen molar-refractivity contribution in [1.29, 1.82) is 0 Å². The van der Waals surface area contributed by atoms with E-state index in [1.54, 1.807) is 36.3 Å². The third kappa shape index (κ3) is 5.07. The molecule has 5 aromatic rings. The molecule has 43 heavy (non-hydrogen) atoms. The Morgan fingerprint density at radius 3 is 2.58 bits per heavy atom. The lowest BCUT2D eigenvalue weighted by Gasteiger charge is -2.40. The number of hydrogen-bond acceptors (Lipinski definition) is 9. The number of piperazine rings is 1. The molecule has 1 fully saturated rings. The lowest BCUT2D eigenvalue weighted by atomic mass is 9.96. The van der Waals surface area contributed by atoms with Crippen LogP contribution in [0, 0.1) is 19.7 Å². The second kappa shape index (κ2) is 11.4. The zero-order valence-electron chi connectivity index (χ0n) is 24.2. The van der Waals surface area contributed by atoms with Crippen LogP contribution < -0.4 is 4.90 Å². The van der Waals surface area contributed by atoms with Gasteiger partial charge in [0.15, 0.2) is 5.82 Å². The normalized spacial score (nSPS) is 15.7. The second-order valence-electron chi connectivity index (χ2n) is 10.4. The van der Waals surface area contributed by atoms with Gasteiger partial charge in [-0.25, -0.2) is 24.0 Å². The number of amides is 1. The highest BCUT2D eigenvalue weighted by molar-refractivity contribution is 7.17. The number of anilines is 1. The Hall–Kier alpha value is -4.84. The van der Waals surface area contributed by atoms with Gasteiger partial charge in [0.2, 0.25) is 0 Å². The minimum absolute atomic E-state index is 0.0164. The summed E-state index contributed by atoms with van der Waals surface area (Å²) in [5.41, 5.74) is 2.54. The number of benzene rings is 1. The summed E-state index contributed by atoms with van der Waals surface area (Å²) in [5, 5.41) is 10.8. The maximum absolute atomic E-state index is 15.1. The summed E-state index contributed by atoms with van der Waals surface area (Å²) < 4.78 is 16.5. The molecule has 1 saturated heterocycles. The largest absolute Gasteiger partial charge is 0.352 e. The Morgan fingerprint density at radius 2 is 1.88 bits per heavy atom. The van der Waals surface area contributed by atoms with Crippen molar-refractivity contribution >= 4 is 44.6 Å². The average molecular weight is 597 g/mol. The van der Waals surface area contributed by atoms with E-state index in [2.05, 4.69) is 42.7 Å². The molecule has 0 radical (unpaired) electrons. The molecule has 1 aliphatic rings. The topological polar surface area (TPSA) is 110 Å². The molecule has 4 aromatic heterocycles. The number of ketones is 1. The number of aromatic nitrogens is 6. The van der Waals surface area contributed by atoms with Crippen LogP contribution in [0.3, 0.4) is 0 Å². The Morgan fingerprint density at radius 1 is 1.09 bits per heavy atom. The van der Waals surface area contributed by atoms with E-state index in [9.17, 15) is 9.59 Å². The van der Waals surface area contributed by atoms with Crippen LogP contribution >= 0.6 is 11.3 Å². The third-order valence-corrected chi connectivity index (χ3v) is 8.56. The molecule has 0 aliphatic carbocycles. The van der Waals surface area contributed by atoms with Crippen molar-refractivity contribution in [2.45, 2.75) is 33.7 Å². The zero-order chi connectivity index (χ0) is 30.2. The summed E-state index contributed by atoms with van der Waals surface area (Å²) in [6.07, 6.45) is 5.55. The smallest absolute Gasteiger partial charge is 0.295 e. The Labute approximate surface area is 251 Å². The highest BCUT2D eigenvalue weighted by atomic mass is 32.1. The Balaban J connectivity index is 1.27. The van der Waals surface area contributed by atoms with E-state index in [1.165, 1.54) is 17.0 Å². The van der Waals surface area contributed by atoms with Crippen LogP contribution in [0.5, 0.6) is 0 Å². The molecule has 0 spiro atoms. The number of pyridine rings is 1. The van der Waals surface area contributed by atoms with Gasteiger partial charge in [-0.15, -0.1) is 16.4 Å². The molecule has 0 saturated carbocycles. The van der Waals surface area contributed by atoms with E-state index in [4.69, 9.17) is 4.98 Å². The molecular formula is C31H29FN8O2S. The van der Waals surface area contributed by atoms with E-state index < -0.39 is 17.5 Å². The molecular weight excluding hydrogens is 567 g/mol. The number of thiophene rings is 1.